The molecule has 0 atom stereocenters. The van der Waals surface area contributed by atoms with Gasteiger partial charge in [-0.25, -0.2) is 4.98 Å². The normalized spacial score (nSPS) is 10.6. The number of carbonyl (C=O) groups excluding carboxylic acids is 1. The second-order valence-electron chi connectivity index (χ2n) is 4.11. The van der Waals surface area contributed by atoms with Crippen LogP contribution in [0, 0.1) is 13.8 Å². The first kappa shape index (κ1) is 12.6. The molecule has 0 unspecified atom stereocenters. The molecule has 0 amide bonds. The van der Waals surface area contributed by atoms with Crippen LogP contribution in [0.1, 0.15) is 26.6 Å². The Balaban J connectivity index is 2.26. The van der Waals surface area contributed by atoms with Crippen molar-refractivity contribution in [1.29, 1.82) is 0 Å². The molecule has 4 nitrogen and oxygen atoms in total. The third-order valence-electron chi connectivity index (χ3n) is 2.62. The lowest BCUT2D eigenvalue weighted by Gasteiger charge is -2.06. The van der Waals surface area contributed by atoms with Gasteiger partial charge in [0.1, 0.15) is 11.5 Å². The van der Waals surface area contributed by atoms with Gasteiger partial charge in [0.05, 0.1) is 22.7 Å². The smallest absolute Gasteiger partial charge is 0.172 e. The number of aromatic hydroxyl groups is 2. The van der Waals surface area contributed by atoms with Crippen molar-refractivity contribution >= 4 is 17.1 Å². The maximum atomic E-state index is 12.0. The summed E-state index contributed by atoms with van der Waals surface area (Å²) in [5, 5.41) is 21.8. The molecule has 2 N–H and O–H groups in total. The van der Waals surface area contributed by atoms with Crippen molar-refractivity contribution in [3.63, 3.8) is 0 Å². The molecule has 2 rings (SSSR count). The SMILES string of the molecule is Cc1nc(CC(=O)c2cc(C)c(O)cc2O)cs1. The molecule has 1 aromatic carbocycles. The molecule has 0 fully saturated rings. The minimum Gasteiger partial charge on any atom is -0.508 e. The molecule has 0 radical (unpaired) electrons. The Hall–Kier alpha value is -1.88. The lowest BCUT2D eigenvalue weighted by Crippen LogP contribution is -2.04. The molecular weight excluding hydrogens is 250 g/mol. The van der Waals surface area contributed by atoms with Crippen molar-refractivity contribution < 1.29 is 15.0 Å². The third-order valence-corrected chi connectivity index (χ3v) is 3.45. The third kappa shape index (κ3) is 2.51. The summed E-state index contributed by atoms with van der Waals surface area (Å²) in [4.78, 5) is 16.2. The van der Waals surface area contributed by atoms with Crippen molar-refractivity contribution in [2.24, 2.45) is 0 Å². The highest BCUT2D eigenvalue weighted by molar-refractivity contribution is 7.09. The number of Topliss-reactive ketones (excluding diaryl/α,β-unsaturated/α-hetero) is 1. The lowest BCUT2D eigenvalue weighted by atomic mass is 10.0. The average molecular weight is 263 g/mol. The van der Waals surface area contributed by atoms with Crippen LogP contribution in [0.2, 0.25) is 0 Å². The number of benzene rings is 1. The zero-order valence-electron chi connectivity index (χ0n) is 10.1. The number of aryl methyl sites for hydroxylation is 2. The van der Waals surface area contributed by atoms with E-state index in [1.54, 1.807) is 6.92 Å². The first-order chi connectivity index (χ1) is 8.47. The Labute approximate surface area is 109 Å². The summed E-state index contributed by atoms with van der Waals surface area (Å²) in [7, 11) is 0. The Bertz CT molecular complexity index is 604. The summed E-state index contributed by atoms with van der Waals surface area (Å²) in [6, 6.07) is 2.68. The predicted molar refractivity (Wildman–Crippen MR) is 69.4 cm³/mol. The first-order valence-corrected chi connectivity index (χ1v) is 6.32. The summed E-state index contributed by atoms with van der Waals surface area (Å²) in [5.41, 5.74) is 1.48. The molecule has 2 aromatic rings. The average Bonchev–Trinajstić information content (AvgIpc) is 2.69. The van der Waals surface area contributed by atoms with E-state index in [4.69, 9.17) is 0 Å². The van der Waals surface area contributed by atoms with Crippen LogP contribution in [0.3, 0.4) is 0 Å². The highest BCUT2D eigenvalue weighted by Crippen LogP contribution is 2.27. The molecule has 1 aromatic heterocycles. The number of hydrogen-bond donors (Lipinski definition) is 2. The van der Waals surface area contributed by atoms with Crippen LogP contribution in [-0.4, -0.2) is 21.0 Å². The summed E-state index contributed by atoms with van der Waals surface area (Å²) >= 11 is 1.49. The van der Waals surface area contributed by atoms with Gasteiger partial charge in [-0.05, 0) is 25.5 Å². The van der Waals surface area contributed by atoms with Gasteiger partial charge in [-0.1, -0.05) is 0 Å². The van der Waals surface area contributed by atoms with E-state index >= 15 is 0 Å². The van der Waals surface area contributed by atoms with Crippen LogP contribution >= 0.6 is 11.3 Å². The number of carbonyl (C=O) groups is 1. The molecule has 0 aliphatic heterocycles. The van der Waals surface area contributed by atoms with Gasteiger partial charge in [-0.15, -0.1) is 11.3 Å². The standard InChI is InChI=1S/C13H13NO3S/c1-7-3-10(13(17)5-11(7)15)12(16)4-9-6-18-8(2)14-9/h3,5-6,15,17H,4H2,1-2H3. The van der Waals surface area contributed by atoms with Gasteiger partial charge < -0.3 is 10.2 Å². The predicted octanol–water partition coefficient (Wildman–Crippen LogP) is 2.60. The molecule has 0 spiro atoms. The number of hydrogen-bond acceptors (Lipinski definition) is 5. The lowest BCUT2D eigenvalue weighted by molar-refractivity contribution is 0.0989. The largest absolute Gasteiger partial charge is 0.508 e. The van der Waals surface area contributed by atoms with Crippen LogP contribution < -0.4 is 0 Å². The van der Waals surface area contributed by atoms with Crippen LogP contribution in [-0.2, 0) is 6.42 Å². The van der Waals surface area contributed by atoms with E-state index < -0.39 is 0 Å². The van der Waals surface area contributed by atoms with Crippen molar-refractivity contribution in [2.45, 2.75) is 20.3 Å². The molecule has 94 valence electrons. The summed E-state index contributed by atoms with van der Waals surface area (Å²) in [6.07, 6.45) is 0.155. The highest BCUT2D eigenvalue weighted by Gasteiger charge is 2.15. The quantitative estimate of drug-likeness (QED) is 0.835. The molecule has 0 saturated carbocycles. The molecule has 0 bridgehead atoms. The summed E-state index contributed by atoms with van der Waals surface area (Å²) in [5.74, 6) is -0.426. The van der Waals surface area contributed by atoms with Gasteiger partial charge in [0, 0.05) is 11.4 Å². The Morgan fingerprint density at radius 2 is 2.00 bits per heavy atom. The van der Waals surface area contributed by atoms with Crippen LogP contribution in [0.5, 0.6) is 11.5 Å². The summed E-state index contributed by atoms with van der Waals surface area (Å²) in [6.45, 7) is 3.55. The number of rotatable bonds is 3. The van der Waals surface area contributed by atoms with Gasteiger partial charge in [-0.3, -0.25) is 4.79 Å². The fourth-order valence-corrected chi connectivity index (χ4v) is 2.27. The molecule has 18 heavy (non-hydrogen) atoms. The fourth-order valence-electron chi connectivity index (χ4n) is 1.66. The maximum Gasteiger partial charge on any atom is 0.172 e. The first-order valence-electron chi connectivity index (χ1n) is 5.44. The molecule has 0 aliphatic rings. The van der Waals surface area contributed by atoms with Crippen molar-refractivity contribution in [1.82, 2.24) is 4.98 Å². The highest BCUT2D eigenvalue weighted by atomic mass is 32.1. The van der Waals surface area contributed by atoms with Gasteiger partial charge in [0.2, 0.25) is 0 Å². The van der Waals surface area contributed by atoms with E-state index in [2.05, 4.69) is 4.98 Å². The van der Waals surface area contributed by atoms with E-state index in [-0.39, 0.29) is 29.3 Å². The number of phenolic OH excluding ortho intramolecular Hbond substituents is 2. The van der Waals surface area contributed by atoms with Crippen molar-refractivity contribution in [2.75, 3.05) is 0 Å². The number of ketones is 1. The van der Waals surface area contributed by atoms with E-state index in [0.29, 0.717) is 11.3 Å². The molecule has 1 heterocycles. The zero-order valence-corrected chi connectivity index (χ0v) is 10.9. The topological polar surface area (TPSA) is 70.4 Å². The Morgan fingerprint density at radius 1 is 1.28 bits per heavy atom. The molecular formula is C13H13NO3S. The second kappa shape index (κ2) is 4.78. The van der Waals surface area contributed by atoms with E-state index in [9.17, 15) is 15.0 Å². The van der Waals surface area contributed by atoms with Gasteiger partial charge in [-0.2, -0.15) is 0 Å². The maximum absolute atomic E-state index is 12.0. The second-order valence-corrected chi connectivity index (χ2v) is 5.18. The summed E-state index contributed by atoms with van der Waals surface area (Å²) < 4.78 is 0. The number of phenols is 2. The van der Waals surface area contributed by atoms with E-state index in [1.165, 1.54) is 23.5 Å². The Kier molecular flexibility index (Phi) is 3.34. The fraction of sp³-hybridized carbons (Fsp3) is 0.231. The van der Waals surface area contributed by atoms with E-state index in [0.717, 1.165) is 5.01 Å². The number of aromatic nitrogens is 1. The molecule has 0 saturated heterocycles. The van der Waals surface area contributed by atoms with Crippen LogP contribution in [0.15, 0.2) is 17.5 Å². The monoisotopic (exact) mass is 263 g/mol. The van der Waals surface area contributed by atoms with Gasteiger partial charge in [0.25, 0.3) is 0 Å². The van der Waals surface area contributed by atoms with Crippen molar-refractivity contribution in [3.05, 3.63) is 39.3 Å². The number of nitrogens with zero attached hydrogens (tertiary/aromatic N) is 1. The van der Waals surface area contributed by atoms with Gasteiger partial charge >= 0.3 is 0 Å². The molecule has 0 aliphatic carbocycles. The van der Waals surface area contributed by atoms with Gasteiger partial charge in [0.15, 0.2) is 5.78 Å². The molecule has 5 heteroatoms. The van der Waals surface area contributed by atoms with Crippen LogP contribution in [0.25, 0.3) is 0 Å². The van der Waals surface area contributed by atoms with E-state index in [1.807, 2.05) is 12.3 Å². The number of thiazole rings is 1. The Morgan fingerprint density at radius 3 is 2.61 bits per heavy atom. The minimum absolute atomic E-state index is 0.0199. The minimum atomic E-state index is -0.207. The zero-order chi connectivity index (χ0) is 13.3. The van der Waals surface area contributed by atoms with Crippen LogP contribution in [0.4, 0.5) is 0 Å². The van der Waals surface area contributed by atoms with Crippen molar-refractivity contribution in [3.8, 4) is 11.5 Å².